The van der Waals surface area contributed by atoms with Gasteiger partial charge in [0.1, 0.15) is 0 Å². The van der Waals surface area contributed by atoms with Crippen molar-refractivity contribution in [3.05, 3.63) is 64.6 Å². The zero-order chi connectivity index (χ0) is 26.4. The molecule has 0 fully saturated rings. The van der Waals surface area contributed by atoms with E-state index in [0.29, 0.717) is 19.4 Å². The molecule has 0 saturated heterocycles. The van der Waals surface area contributed by atoms with Crippen LogP contribution in [-0.2, 0) is 9.59 Å². The van der Waals surface area contributed by atoms with Gasteiger partial charge < -0.3 is 21.7 Å². The first-order valence-corrected chi connectivity index (χ1v) is 9.71. The summed E-state index contributed by atoms with van der Waals surface area (Å²) >= 11 is 6.06. The number of amides is 2. The highest BCUT2D eigenvalue weighted by Crippen LogP contribution is 2.26. The van der Waals surface area contributed by atoms with E-state index in [1.54, 1.807) is 0 Å². The fourth-order valence-corrected chi connectivity index (χ4v) is 2.84. The number of benzene rings is 2. The van der Waals surface area contributed by atoms with Gasteiger partial charge in [-0.2, -0.15) is 0 Å². The predicted octanol–water partition coefficient (Wildman–Crippen LogP) is 2.11. The second-order valence-corrected chi connectivity index (χ2v) is 6.99. The van der Waals surface area contributed by atoms with Gasteiger partial charge in [-0.05, 0) is 37.6 Å². The van der Waals surface area contributed by atoms with E-state index in [2.05, 4.69) is 5.32 Å². The monoisotopic (exact) mass is 435 g/mol. The first kappa shape index (κ1) is 17.0. The summed E-state index contributed by atoms with van der Waals surface area (Å²) in [6, 6.07) is -0.0117. The fourth-order valence-electron chi connectivity index (χ4n) is 2.67. The summed E-state index contributed by atoms with van der Waals surface area (Å²) in [6.45, 7) is 0.0908. The molecule has 0 unspecified atom stereocenters. The number of unbranched alkanes of at least 4 members (excludes halogenated alkanes) is 1. The average Bonchev–Trinajstić information content (AvgIpc) is 2.84. The lowest BCUT2D eigenvalue weighted by Gasteiger charge is -2.21. The number of nitrogens with zero attached hydrogens (tertiary/aromatic N) is 1. The minimum absolute atomic E-state index is 0.0812. The highest BCUT2D eigenvalue weighted by atomic mass is 35.5. The number of rotatable bonds is 10. The fraction of sp³-hybridized carbons (Fsp3) is 0.318. The Labute approximate surface area is 188 Å². The van der Waals surface area contributed by atoms with Crippen LogP contribution >= 0.6 is 11.6 Å². The summed E-state index contributed by atoms with van der Waals surface area (Å²) in [5.74, 6) is -1.98. The molecule has 0 bridgehead atoms. The highest BCUT2D eigenvalue weighted by molar-refractivity contribution is 6.31. The molecule has 2 amide bonds. The van der Waals surface area contributed by atoms with E-state index >= 15 is 0 Å². The summed E-state index contributed by atoms with van der Waals surface area (Å²) in [4.78, 5) is 39.4. The molecule has 7 nitrogen and oxygen atoms in total. The number of ketones is 1. The Kier molecular flexibility index (Phi) is 6.48. The molecule has 30 heavy (non-hydrogen) atoms. The summed E-state index contributed by atoms with van der Waals surface area (Å²) in [6.07, 6.45) is 1.82. The van der Waals surface area contributed by atoms with E-state index in [-0.39, 0.29) is 16.3 Å². The number of hydrogen-bond acceptors (Lipinski definition) is 5. The molecule has 0 aliphatic rings. The Bertz CT molecular complexity index is 1120. The second kappa shape index (κ2) is 11.4. The van der Waals surface area contributed by atoms with Crippen LogP contribution < -0.4 is 21.7 Å². The summed E-state index contributed by atoms with van der Waals surface area (Å²) in [5.41, 5.74) is 10.6. The molecular formula is C22H27ClN4O3. The van der Waals surface area contributed by atoms with Gasteiger partial charge in [0.2, 0.25) is 11.8 Å². The highest BCUT2D eigenvalue weighted by Gasteiger charge is 2.21. The molecule has 0 spiro atoms. The molecule has 0 aromatic heterocycles. The molecule has 8 heteroatoms. The molecule has 0 saturated carbocycles. The first-order chi connectivity index (χ1) is 16.4. The van der Waals surface area contributed by atoms with Crippen molar-refractivity contribution >= 4 is 34.9 Å². The molecule has 1 atom stereocenters. The van der Waals surface area contributed by atoms with Crippen molar-refractivity contribution in [2.24, 2.45) is 11.5 Å². The van der Waals surface area contributed by atoms with Gasteiger partial charge in [0.15, 0.2) is 5.78 Å². The summed E-state index contributed by atoms with van der Waals surface area (Å²) in [7, 11) is 1.37. The van der Waals surface area contributed by atoms with Crippen molar-refractivity contribution in [1.29, 1.82) is 0 Å². The molecule has 2 aromatic carbocycles. The van der Waals surface area contributed by atoms with Crippen molar-refractivity contribution in [3.63, 3.8) is 0 Å². The minimum atomic E-state index is -0.898. The van der Waals surface area contributed by atoms with Crippen LogP contribution in [0.2, 0.25) is 5.02 Å². The number of carbonyl (C=O) groups excluding carboxylic acids is 3. The third-order valence-corrected chi connectivity index (χ3v) is 4.62. The smallest absolute Gasteiger partial charge is 0.246 e. The average molecular weight is 436 g/mol. The number of anilines is 1. The molecule has 160 valence electrons. The Morgan fingerprint density at radius 2 is 1.90 bits per heavy atom. The predicted molar refractivity (Wildman–Crippen MR) is 119 cm³/mol. The normalized spacial score (nSPS) is 13.9. The molecule has 2 rings (SSSR count). The molecule has 0 heterocycles. The Balaban J connectivity index is 2.31. The van der Waals surface area contributed by atoms with Crippen molar-refractivity contribution in [1.82, 2.24) is 5.32 Å². The van der Waals surface area contributed by atoms with Gasteiger partial charge in [0, 0.05) is 23.2 Å². The molecule has 2 aromatic rings. The third-order valence-electron chi connectivity index (χ3n) is 4.39. The van der Waals surface area contributed by atoms with Crippen LogP contribution in [0.4, 0.5) is 5.69 Å². The molecule has 0 radical (unpaired) electrons. The maximum absolute atomic E-state index is 13.3. The molecule has 0 aliphatic heterocycles. The maximum Gasteiger partial charge on any atom is 0.246 e. The summed E-state index contributed by atoms with van der Waals surface area (Å²) < 4.78 is 39.5. The van der Waals surface area contributed by atoms with Gasteiger partial charge in [-0.15, -0.1) is 0 Å². The van der Waals surface area contributed by atoms with Gasteiger partial charge in [0.05, 0.1) is 25.1 Å². The number of hydrogen-bond donors (Lipinski definition) is 3. The van der Waals surface area contributed by atoms with Crippen LogP contribution in [0.5, 0.6) is 0 Å². The number of nitrogens with one attached hydrogen (secondary N) is 1. The summed E-state index contributed by atoms with van der Waals surface area (Å²) in [5, 5.41) is 2.60. The van der Waals surface area contributed by atoms with Crippen LogP contribution in [0.1, 0.15) is 42.0 Å². The van der Waals surface area contributed by atoms with Crippen molar-refractivity contribution in [2.75, 3.05) is 25.0 Å². The Hall–Kier alpha value is -2.74. The molecule has 0 aliphatic carbocycles. The van der Waals surface area contributed by atoms with E-state index in [1.165, 1.54) is 25.2 Å². The van der Waals surface area contributed by atoms with E-state index in [1.807, 2.05) is 0 Å². The van der Waals surface area contributed by atoms with Crippen LogP contribution in [0, 0.1) is 0 Å². The zero-order valence-corrected chi connectivity index (χ0v) is 17.3. The van der Waals surface area contributed by atoms with E-state index in [0.717, 1.165) is 11.3 Å². The first-order valence-electron chi connectivity index (χ1n) is 11.8. The van der Waals surface area contributed by atoms with Gasteiger partial charge >= 0.3 is 0 Å². The zero-order valence-electron chi connectivity index (χ0n) is 21.5. The van der Waals surface area contributed by atoms with Crippen molar-refractivity contribution in [2.45, 2.75) is 25.3 Å². The minimum Gasteiger partial charge on any atom is -0.346 e. The quantitative estimate of drug-likeness (QED) is 0.390. The van der Waals surface area contributed by atoms with Crippen molar-refractivity contribution < 1.29 is 21.2 Å². The number of likely N-dealkylation sites (N-methyl/N-ethyl adjacent to an activating group) is 1. The lowest BCUT2D eigenvalue weighted by atomic mass is 10.0. The van der Waals surface area contributed by atoms with Gasteiger partial charge in [-0.1, -0.05) is 48.2 Å². The van der Waals surface area contributed by atoms with E-state index < -0.39 is 66.0 Å². The number of halogens is 1. The van der Waals surface area contributed by atoms with Gasteiger partial charge in [-0.3, -0.25) is 14.4 Å². The largest absolute Gasteiger partial charge is 0.346 e. The lowest BCUT2D eigenvalue weighted by molar-refractivity contribution is -0.125. The van der Waals surface area contributed by atoms with Crippen LogP contribution in [0.3, 0.4) is 0 Å². The topological polar surface area (TPSA) is 119 Å². The third kappa shape index (κ3) is 6.38. The van der Waals surface area contributed by atoms with Crippen LogP contribution in [0.25, 0.3) is 0 Å². The van der Waals surface area contributed by atoms with E-state index in [4.69, 9.17) is 29.9 Å². The molecular weight excluding hydrogens is 404 g/mol. The van der Waals surface area contributed by atoms with Gasteiger partial charge in [0.25, 0.3) is 0 Å². The van der Waals surface area contributed by atoms with E-state index in [9.17, 15) is 14.4 Å². The molecule has 5 N–H and O–H groups in total. The Morgan fingerprint density at radius 1 is 1.20 bits per heavy atom. The SMILES string of the molecule is [2H]c1c([2H])c([2H])c(C(=O)c2cc(Cl)ccc2N(C)C(=O)CNC(=O)[C@H](N)CCCCN)c([2H])c1[2H]. The standard InChI is InChI=1S/C22H27ClN4O3/c1-27(20(28)14-26-22(30)18(25)9-5-6-12-24)19-11-10-16(23)13-17(19)21(29)15-7-3-2-4-8-15/h2-4,7-8,10-11,13,18H,5-6,9,12,14,24-25H2,1H3,(H,26,30)/t18-/m1/s1/i2D,3D,4D,7D,8D. The Morgan fingerprint density at radius 3 is 2.57 bits per heavy atom. The van der Waals surface area contributed by atoms with Crippen LogP contribution in [0.15, 0.2) is 48.4 Å². The second-order valence-electron chi connectivity index (χ2n) is 6.55. The maximum atomic E-state index is 13.3. The van der Waals surface area contributed by atoms with Crippen molar-refractivity contribution in [3.8, 4) is 0 Å². The number of nitrogens with two attached hydrogens (primary N) is 2. The van der Waals surface area contributed by atoms with Gasteiger partial charge in [-0.25, -0.2) is 0 Å². The lowest BCUT2D eigenvalue weighted by Crippen LogP contribution is -2.45. The number of carbonyl (C=O) groups is 3. The van der Waals surface area contributed by atoms with Crippen LogP contribution in [-0.4, -0.2) is 43.8 Å².